The van der Waals surface area contributed by atoms with Gasteiger partial charge in [0.05, 0.1) is 0 Å². The summed E-state index contributed by atoms with van der Waals surface area (Å²) in [5, 5.41) is 3.26. The number of Topliss-reactive ketones (excluding diaryl/α,β-unsaturated/α-hetero) is 1. The van der Waals surface area contributed by atoms with Gasteiger partial charge < -0.3 is 5.32 Å². The molecule has 1 N–H and O–H groups in total. The van der Waals surface area contributed by atoms with E-state index in [2.05, 4.69) is 12.2 Å². The molecule has 1 saturated carbocycles. The van der Waals surface area contributed by atoms with Crippen LogP contribution in [0, 0.1) is 17.8 Å². The van der Waals surface area contributed by atoms with Crippen LogP contribution < -0.4 is 5.32 Å². The van der Waals surface area contributed by atoms with Gasteiger partial charge in [-0.3, -0.25) is 4.79 Å². The van der Waals surface area contributed by atoms with Crippen LogP contribution in [0.15, 0.2) is 0 Å². The van der Waals surface area contributed by atoms with Crippen molar-refractivity contribution in [1.29, 1.82) is 0 Å². The Morgan fingerprint density at radius 3 is 2.55 bits per heavy atom. The van der Waals surface area contributed by atoms with Gasteiger partial charge in [0.2, 0.25) is 0 Å². The quantitative estimate of drug-likeness (QED) is 0.636. The van der Waals surface area contributed by atoms with Crippen molar-refractivity contribution in [2.45, 2.75) is 19.8 Å². The maximum atomic E-state index is 11.6. The summed E-state index contributed by atoms with van der Waals surface area (Å²) in [5.74, 6) is 1.88. The van der Waals surface area contributed by atoms with Crippen LogP contribution in [0.5, 0.6) is 0 Å². The van der Waals surface area contributed by atoms with E-state index in [1.54, 1.807) is 0 Å². The third-order valence-corrected chi connectivity index (χ3v) is 2.86. The van der Waals surface area contributed by atoms with Crippen molar-refractivity contribution in [3.8, 4) is 0 Å². The summed E-state index contributed by atoms with van der Waals surface area (Å²) < 4.78 is 0. The molecular weight excluding hydrogens is 138 g/mol. The van der Waals surface area contributed by atoms with Gasteiger partial charge in [0.25, 0.3) is 0 Å². The van der Waals surface area contributed by atoms with Gasteiger partial charge in [0, 0.05) is 18.4 Å². The van der Waals surface area contributed by atoms with Gasteiger partial charge in [-0.1, -0.05) is 6.92 Å². The highest BCUT2D eigenvalue weighted by atomic mass is 16.1. The zero-order valence-electron chi connectivity index (χ0n) is 6.97. The zero-order chi connectivity index (χ0) is 7.84. The fraction of sp³-hybridized carbons (Fsp3) is 0.889. The molecule has 0 aromatic rings. The van der Waals surface area contributed by atoms with Gasteiger partial charge in [0.15, 0.2) is 0 Å². The molecule has 0 bridgehead atoms. The second-order valence-corrected chi connectivity index (χ2v) is 3.92. The van der Waals surface area contributed by atoms with Crippen LogP contribution in [-0.4, -0.2) is 18.9 Å². The highest BCUT2D eigenvalue weighted by Gasteiger charge is 2.38. The van der Waals surface area contributed by atoms with E-state index in [1.807, 2.05) is 0 Å². The van der Waals surface area contributed by atoms with Crippen LogP contribution in [0.4, 0.5) is 0 Å². The molecule has 2 aliphatic rings. The van der Waals surface area contributed by atoms with E-state index in [4.69, 9.17) is 0 Å². The number of ketones is 1. The molecule has 2 rings (SSSR count). The average molecular weight is 153 g/mol. The van der Waals surface area contributed by atoms with Crippen molar-refractivity contribution >= 4 is 5.78 Å². The van der Waals surface area contributed by atoms with Crippen molar-refractivity contribution in [2.75, 3.05) is 13.1 Å². The van der Waals surface area contributed by atoms with E-state index in [0.717, 1.165) is 25.9 Å². The molecule has 1 heterocycles. The largest absolute Gasteiger partial charge is 0.316 e. The van der Waals surface area contributed by atoms with Crippen LogP contribution in [0.3, 0.4) is 0 Å². The van der Waals surface area contributed by atoms with Crippen LogP contribution >= 0.6 is 0 Å². The first-order valence-corrected chi connectivity index (χ1v) is 4.53. The minimum Gasteiger partial charge on any atom is -0.316 e. The lowest BCUT2D eigenvalue weighted by Crippen LogP contribution is -2.22. The normalized spacial score (nSPS) is 37.5. The molecule has 0 aromatic heterocycles. The molecule has 2 heteroatoms. The van der Waals surface area contributed by atoms with Crippen LogP contribution in [0.1, 0.15) is 19.8 Å². The number of carbonyl (C=O) groups excluding carboxylic acids is 1. The third-order valence-electron chi connectivity index (χ3n) is 2.86. The number of hydrogen-bond acceptors (Lipinski definition) is 2. The molecule has 2 atom stereocenters. The number of hydrogen-bond donors (Lipinski definition) is 1. The smallest absolute Gasteiger partial charge is 0.140 e. The number of nitrogens with one attached hydrogen (secondary N) is 1. The molecule has 62 valence electrons. The second kappa shape index (κ2) is 2.59. The Hall–Kier alpha value is -0.370. The van der Waals surface area contributed by atoms with Crippen molar-refractivity contribution in [2.24, 2.45) is 17.8 Å². The summed E-state index contributed by atoms with van der Waals surface area (Å²) >= 11 is 0. The summed E-state index contributed by atoms with van der Waals surface area (Å²) in [4.78, 5) is 11.6. The Bertz CT molecular complexity index is 174. The standard InChI is InChI=1S/C9H15NO/c1-6-4-10-5-8(6)9(11)7-2-3-7/h6-8,10H,2-5H2,1H3. The van der Waals surface area contributed by atoms with E-state index in [-0.39, 0.29) is 0 Å². The predicted octanol–water partition coefficient (Wildman–Crippen LogP) is 0.821. The van der Waals surface area contributed by atoms with Gasteiger partial charge in [-0.2, -0.15) is 0 Å². The SMILES string of the molecule is CC1CNCC1C(=O)C1CC1. The molecule has 11 heavy (non-hydrogen) atoms. The zero-order valence-corrected chi connectivity index (χ0v) is 6.97. The minimum atomic E-state index is 0.336. The summed E-state index contributed by atoms with van der Waals surface area (Å²) in [6.45, 7) is 4.13. The Morgan fingerprint density at radius 2 is 2.09 bits per heavy atom. The molecule has 1 saturated heterocycles. The highest BCUT2D eigenvalue weighted by molar-refractivity contribution is 5.86. The topological polar surface area (TPSA) is 29.1 Å². The first kappa shape index (κ1) is 7.29. The molecule has 2 nitrogen and oxygen atoms in total. The van der Waals surface area contributed by atoms with Gasteiger partial charge in [-0.05, 0) is 25.3 Å². The molecule has 0 spiro atoms. The second-order valence-electron chi connectivity index (χ2n) is 3.92. The monoisotopic (exact) mass is 153 g/mol. The fourth-order valence-corrected chi connectivity index (χ4v) is 1.86. The summed E-state index contributed by atoms with van der Waals surface area (Å²) in [6, 6.07) is 0. The lowest BCUT2D eigenvalue weighted by Gasteiger charge is -2.11. The van der Waals surface area contributed by atoms with Crippen molar-refractivity contribution < 1.29 is 4.79 Å². The van der Waals surface area contributed by atoms with Crippen LogP contribution in [0.25, 0.3) is 0 Å². The van der Waals surface area contributed by atoms with Crippen molar-refractivity contribution in [3.63, 3.8) is 0 Å². The third kappa shape index (κ3) is 1.32. The molecule has 2 unspecified atom stereocenters. The van der Waals surface area contributed by atoms with Crippen LogP contribution in [0.2, 0.25) is 0 Å². The first-order chi connectivity index (χ1) is 5.29. The van der Waals surface area contributed by atoms with E-state index in [1.165, 1.54) is 0 Å². The lowest BCUT2D eigenvalue weighted by molar-refractivity contribution is -0.124. The molecule has 1 aliphatic carbocycles. The van der Waals surface area contributed by atoms with Crippen molar-refractivity contribution in [3.05, 3.63) is 0 Å². The average Bonchev–Trinajstić information content (AvgIpc) is 2.74. The van der Waals surface area contributed by atoms with Crippen molar-refractivity contribution in [1.82, 2.24) is 5.32 Å². The Kier molecular flexibility index (Phi) is 1.72. The van der Waals surface area contributed by atoms with E-state index in [0.29, 0.717) is 23.5 Å². The summed E-state index contributed by atoms with van der Waals surface area (Å²) in [7, 11) is 0. The highest BCUT2D eigenvalue weighted by Crippen LogP contribution is 2.35. The molecule has 0 aromatic carbocycles. The van der Waals surface area contributed by atoms with Gasteiger partial charge in [-0.15, -0.1) is 0 Å². The molecular formula is C9H15NO. The van der Waals surface area contributed by atoms with Gasteiger partial charge in [-0.25, -0.2) is 0 Å². The summed E-state index contributed by atoms with van der Waals surface area (Å²) in [5.41, 5.74) is 0. The Balaban J connectivity index is 1.96. The van der Waals surface area contributed by atoms with Crippen LogP contribution in [-0.2, 0) is 4.79 Å². The Morgan fingerprint density at radius 1 is 1.36 bits per heavy atom. The lowest BCUT2D eigenvalue weighted by atomic mass is 9.91. The molecule has 1 aliphatic heterocycles. The van der Waals surface area contributed by atoms with E-state index in [9.17, 15) is 4.79 Å². The molecule has 0 amide bonds. The maximum absolute atomic E-state index is 11.6. The van der Waals surface area contributed by atoms with E-state index >= 15 is 0 Å². The minimum absolute atomic E-state index is 0.336. The van der Waals surface area contributed by atoms with E-state index < -0.39 is 0 Å². The predicted molar refractivity (Wildman–Crippen MR) is 43.3 cm³/mol. The maximum Gasteiger partial charge on any atom is 0.140 e. The first-order valence-electron chi connectivity index (χ1n) is 4.53. The fourth-order valence-electron chi connectivity index (χ4n) is 1.86. The van der Waals surface area contributed by atoms with Gasteiger partial charge in [0.1, 0.15) is 5.78 Å². The Labute approximate surface area is 67.4 Å². The number of rotatable bonds is 2. The summed E-state index contributed by atoms with van der Waals surface area (Å²) in [6.07, 6.45) is 2.31. The van der Waals surface area contributed by atoms with Gasteiger partial charge >= 0.3 is 0 Å². The number of carbonyl (C=O) groups is 1. The molecule has 0 radical (unpaired) electrons. The molecule has 2 fully saturated rings.